The average Bonchev–Trinajstić information content (AvgIpc) is 3.83. The van der Waals surface area contributed by atoms with Crippen LogP contribution in [0.3, 0.4) is 0 Å². The number of hydrogen-bond donors (Lipinski definition) is 1. The van der Waals surface area contributed by atoms with Crippen molar-refractivity contribution in [2.75, 3.05) is 58.5 Å². The fraction of sp³-hybridized carbons (Fsp3) is 0.394. The molecule has 3 unspecified atom stereocenters. The van der Waals surface area contributed by atoms with Crippen LogP contribution in [0.5, 0.6) is 11.5 Å². The number of ether oxygens (including phenoxy) is 3. The molecule has 43 heavy (non-hydrogen) atoms. The van der Waals surface area contributed by atoms with Crippen molar-refractivity contribution < 1.29 is 32.6 Å². The molecule has 2 amide bonds. The normalized spacial score (nSPS) is 18.9. The van der Waals surface area contributed by atoms with E-state index in [2.05, 4.69) is 10.2 Å². The van der Waals surface area contributed by atoms with E-state index in [1.165, 1.54) is 25.2 Å². The summed E-state index contributed by atoms with van der Waals surface area (Å²) in [6.07, 6.45) is 0.456. The van der Waals surface area contributed by atoms with E-state index in [1.54, 1.807) is 18.2 Å². The van der Waals surface area contributed by atoms with Crippen LogP contribution in [0.2, 0.25) is 0 Å². The third kappa shape index (κ3) is 6.97. The fourth-order valence-electron chi connectivity index (χ4n) is 5.57. The number of rotatable bonds is 11. The second-order valence-electron chi connectivity index (χ2n) is 10.9. The van der Waals surface area contributed by atoms with Crippen molar-refractivity contribution in [3.63, 3.8) is 0 Å². The Kier molecular flexibility index (Phi) is 9.57. The van der Waals surface area contributed by atoms with Gasteiger partial charge < -0.3 is 19.5 Å². The maximum absolute atomic E-state index is 14.4. The van der Waals surface area contributed by atoms with E-state index in [0.717, 1.165) is 30.8 Å². The van der Waals surface area contributed by atoms with Gasteiger partial charge in [-0.3, -0.25) is 19.4 Å². The topological polar surface area (TPSA) is 80.3 Å². The highest BCUT2D eigenvalue weighted by molar-refractivity contribution is 6.04. The van der Waals surface area contributed by atoms with E-state index < -0.39 is 23.6 Å². The van der Waals surface area contributed by atoms with Gasteiger partial charge in [-0.15, -0.1) is 0 Å². The molecule has 1 saturated heterocycles. The van der Waals surface area contributed by atoms with Crippen LogP contribution in [0, 0.1) is 24.5 Å². The Morgan fingerprint density at radius 2 is 1.74 bits per heavy atom. The van der Waals surface area contributed by atoms with E-state index in [-0.39, 0.29) is 17.7 Å². The van der Waals surface area contributed by atoms with Gasteiger partial charge in [0.25, 0.3) is 0 Å². The third-order valence-electron chi connectivity index (χ3n) is 8.10. The molecule has 3 aromatic carbocycles. The quantitative estimate of drug-likeness (QED) is 0.350. The summed E-state index contributed by atoms with van der Waals surface area (Å²) in [5.41, 5.74) is 2.58. The van der Waals surface area contributed by atoms with Crippen molar-refractivity contribution in [1.29, 1.82) is 0 Å². The SMILES string of the molecule is COc1ccc(C(C(=O)NCCN2CCOCC2)N(C(=O)C2CC2c2ccc(F)c(F)c2)c2ccc(C)cc2)c(OC)c1. The second kappa shape index (κ2) is 13.5. The van der Waals surface area contributed by atoms with Crippen LogP contribution >= 0.6 is 0 Å². The molecule has 8 nitrogen and oxygen atoms in total. The lowest BCUT2D eigenvalue weighted by molar-refractivity contribution is -0.127. The minimum atomic E-state index is -1.08. The molecule has 2 aliphatic rings. The number of morpholine rings is 1. The van der Waals surface area contributed by atoms with Crippen LogP contribution in [0.25, 0.3) is 0 Å². The molecule has 10 heteroatoms. The molecule has 1 aliphatic heterocycles. The van der Waals surface area contributed by atoms with E-state index in [9.17, 15) is 18.4 Å². The van der Waals surface area contributed by atoms with E-state index >= 15 is 0 Å². The molecule has 2 fully saturated rings. The lowest BCUT2D eigenvalue weighted by Crippen LogP contribution is -2.47. The summed E-state index contributed by atoms with van der Waals surface area (Å²) in [7, 11) is 3.04. The fourth-order valence-corrected chi connectivity index (χ4v) is 5.57. The van der Waals surface area contributed by atoms with Gasteiger partial charge in [-0.25, -0.2) is 8.78 Å². The first-order valence-corrected chi connectivity index (χ1v) is 14.4. The van der Waals surface area contributed by atoms with Crippen molar-refractivity contribution in [2.45, 2.75) is 25.3 Å². The molecule has 1 heterocycles. The molecule has 3 aromatic rings. The van der Waals surface area contributed by atoms with Crippen molar-refractivity contribution >= 4 is 17.5 Å². The number of nitrogens with one attached hydrogen (secondary N) is 1. The molecule has 3 atom stereocenters. The number of benzene rings is 3. The maximum Gasteiger partial charge on any atom is 0.248 e. The van der Waals surface area contributed by atoms with Crippen LogP contribution in [0.4, 0.5) is 14.5 Å². The van der Waals surface area contributed by atoms with Gasteiger partial charge in [-0.1, -0.05) is 23.8 Å². The number of carbonyl (C=O) groups is 2. The first kappa shape index (κ1) is 30.4. The number of hydrogen-bond acceptors (Lipinski definition) is 6. The molecule has 5 rings (SSSR count). The van der Waals surface area contributed by atoms with Crippen LogP contribution in [-0.4, -0.2) is 70.3 Å². The Bertz CT molecular complexity index is 1440. The van der Waals surface area contributed by atoms with Crippen LogP contribution in [0.1, 0.15) is 35.1 Å². The number of methoxy groups -OCH3 is 2. The van der Waals surface area contributed by atoms with Gasteiger partial charge in [0, 0.05) is 49.4 Å². The van der Waals surface area contributed by atoms with Crippen molar-refractivity contribution in [3.8, 4) is 11.5 Å². The molecular weight excluding hydrogens is 556 g/mol. The predicted octanol–water partition coefficient (Wildman–Crippen LogP) is 4.62. The van der Waals surface area contributed by atoms with E-state index in [0.29, 0.717) is 61.0 Å². The van der Waals surface area contributed by atoms with E-state index in [4.69, 9.17) is 14.2 Å². The standard InChI is InChI=1S/C33H37F2N3O5/c1-21-4-7-23(8-5-21)38(33(40)27-20-26(27)22-6-11-28(34)29(35)18-22)31(25-10-9-24(41-2)19-30(25)42-3)32(39)36-12-13-37-14-16-43-17-15-37/h4-11,18-19,26-27,31H,12-17,20H2,1-3H3,(H,36,39). The molecule has 0 aromatic heterocycles. The summed E-state index contributed by atoms with van der Waals surface area (Å²) in [5, 5.41) is 3.05. The first-order valence-electron chi connectivity index (χ1n) is 14.4. The number of aryl methyl sites for hydroxylation is 1. The van der Waals surface area contributed by atoms with Gasteiger partial charge in [0.2, 0.25) is 11.8 Å². The van der Waals surface area contributed by atoms with Gasteiger partial charge in [0.05, 0.1) is 27.4 Å². The van der Waals surface area contributed by atoms with Crippen molar-refractivity contribution in [2.24, 2.45) is 5.92 Å². The number of amides is 2. The highest BCUT2D eigenvalue weighted by Crippen LogP contribution is 2.50. The maximum atomic E-state index is 14.4. The molecule has 228 valence electrons. The Labute approximate surface area is 250 Å². The lowest BCUT2D eigenvalue weighted by Gasteiger charge is -2.33. The number of carbonyl (C=O) groups excluding carboxylic acids is 2. The highest BCUT2D eigenvalue weighted by Gasteiger charge is 2.49. The van der Waals surface area contributed by atoms with Gasteiger partial charge in [-0.05, 0) is 61.2 Å². The summed E-state index contributed by atoms with van der Waals surface area (Å²) in [4.78, 5) is 32.3. The largest absolute Gasteiger partial charge is 0.497 e. The zero-order valence-electron chi connectivity index (χ0n) is 24.6. The summed E-state index contributed by atoms with van der Waals surface area (Å²) < 4.78 is 44.2. The zero-order valence-corrected chi connectivity index (χ0v) is 24.6. The van der Waals surface area contributed by atoms with Gasteiger partial charge in [-0.2, -0.15) is 0 Å². The Balaban J connectivity index is 1.51. The molecule has 1 saturated carbocycles. The average molecular weight is 594 g/mol. The first-order chi connectivity index (χ1) is 20.8. The molecule has 0 spiro atoms. The third-order valence-corrected chi connectivity index (χ3v) is 8.10. The minimum absolute atomic E-state index is 0.287. The smallest absolute Gasteiger partial charge is 0.248 e. The number of halogens is 2. The molecular formula is C33H37F2N3O5. The number of anilines is 1. The predicted molar refractivity (Wildman–Crippen MR) is 158 cm³/mol. The van der Waals surface area contributed by atoms with Gasteiger partial charge in [0.1, 0.15) is 17.5 Å². The molecule has 1 N–H and O–H groups in total. The Hall–Kier alpha value is -4.02. The van der Waals surface area contributed by atoms with E-state index in [1.807, 2.05) is 31.2 Å². The van der Waals surface area contributed by atoms with Crippen LogP contribution in [-0.2, 0) is 14.3 Å². The Morgan fingerprint density at radius 3 is 2.42 bits per heavy atom. The molecule has 0 bridgehead atoms. The second-order valence-corrected chi connectivity index (χ2v) is 10.9. The van der Waals surface area contributed by atoms with Crippen molar-refractivity contribution in [3.05, 3.63) is 89.0 Å². The van der Waals surface area contributed by atoms with Crippen molar-refractivity contribution in [1.82, 2.24) is 10.2 Å². The van der Waals surface area contributed by atoms with Crippen LogP contribution in [0.15, 0.2) is 60.7 Å². The number of nitrogens with zero attached hydrogens (tertiary/aromatic N) is 2. The summed E-state index contributed by atoms with van der Waals surface area (Å²) in [6.45, 7) is 5.83. The monoisotopic (exact) mass is 593 g/mol. The lowest BCUT2D eigenvalue weighted by atomic mass is 9.99. The highest BCUT2D eigenvalue weighted by atomic mass is 19.2. The summed E-state index contributed by atoms with van der Waals surface area (Å²) in [6, 6.07) is 15.2. The summed E-state index contributed by atoms with van der Waals surface area (Å²) in [5.74, 6) is -2.41. The molecule has 0 radical (unpaired) electrons. The zero-order chi connectivity index (χ0) is 30.5. The van der Waals surface area contributed by atoms with Gasteiger partial charge >= 0.3 is 0 Å². The minimum Gasteiger partial charge on any atom is -0.497 e. The molecule has 1 aliphatic carbocycles. The Morgan fingerprint density at radius 1 is 1.00 bits per heavy atom. The van der Waals surface area contributed by atoms with Crippen LogP contribution < -0.4 is 19.7 Å². The summed E-state index contributed by atoms with van der Waals surface area (Å²) >= 11 is 0. The van der Waals surface area contributed by atoms with Gasteiger partial charge in [0.15, 0.2) is 11.6 Å².